The van der Waals surface area contributed by atoms with Gasteiger partial charge in [-0.05, 0) is 54.1 Å². The third-order valence-corrected chi connectivity index (χ3v) is 5.78. The molecule has 1 saturated carbocycles. The Balaban J connectivity index is 1.53. The fraction of sp³-hybridized carbons (Fsp3) is 0.182. The zero-order valence-corrected chi connectivity index (χ0v) is 16.8. The van der Waals surface area contributed by atoms with Gasteiger partial charge in [0.1, 0.15) is 5.82 Å². The van der Waals surface area contributed by atoms with Gasteiger partial charge in [0.25, 0.3) is 5.91 Å². The lowest BCUT2D eigenvalue weighted by atomic mass is 10.2. The van der Waals surface area contributed by atoms with E-state index in [1.807, 2.05) is 29.6 Å². The van der Waals surface area contributed by atoms with E-state index >= 15 is 0 Å². The van der Waals surface area contributed by atoms with Crippen molar-refractivity contribution in [3.05, 3.63) is 83.5 Å². The smallest absolute Gasteiger partial charge is 0.294 e. The average Bonchev–Trinajstić information content (AvgIpc) is 3.27. The van der Waals surface area contributed by atoms with Crippen molar-refractivity contribution in [1.29, 1.82) is 0 Å². The lowest BCUT2D eigenvalue weighted by Crippen LogP contribution is -2.33. The molecule has 0 atom stereocenters. The van der Waals surface area contributed by atoms with Crippen LogP contribution in [0.3, 0.4) is 0 Å². The van der Waals surface area contributed by atoms with Gasteiger partial charge in [0.2, 0.25) is 5.82 Å². The van der Waals surface area contributed by atoms with Crippen molar-refractivity contribution >= 4 is 17.2 Å². The highest BCUT2D eigenvalue weighted by Crippen LogP contribution is 2.31. The van der Waals surface area contributed by atoms with Crippen molar-refractivity contribution in [2.45, 2.75) is 25.4 Å². The van der Waals surface area contributed by atoms with Crippen LogP contribution in [0.2, 0.25) is 0 Å². The second-order valence-electron chi connectivity index (χ2n) is 7.15. The van der Waals surface area contributed by atoms with E-state index in [0.717, 1.165) is 23.3 Å². The minimum Gasteiger partial charge on any atom is -0.328 e. The SMILES string of the molecule is O=C(c1nc(-c2cccs2)n(-c2cccc(F)c2)n1)N(Cc1cccnc1)C1CC1. The molecule has 1 amide bonds. The first-order valence-electron chi connectivity index (χ1n) is 9.66. The van der Waals surface area contributed by atoms with Gasteiger partial charge >= 0.3 is 0 Å². The molecule has 6 nitrogen and oxygen atoms in total. The van der Waals surface area contributed by atoms with Gasteiger partial charge in [-0.3, -0.25) is 9.78 Å². The third kappa shape index (κ3) is 3.73. The van der Waals surface area contributed by atoms with E-state index in [1.54, 1.807) is 29.4 Å². The Bertz CT molecular complexity index is 1170. The van der Waals surface area contributed by atoms with E-state index in [9.17, 15) is 9.18 Å². The molecule has 150 valence electrons. The Morgan fingerprint density at radius 3 is 2.80 bits per heavy atom. The number of pyridine rings is 1. The average molecular weight is 419 g/mol. The highest BCUT2D eigenvalue weighted by Gasteiger charge is 2.35. The van der Waals surface area contributed by atoms with Gasteiger partial charge in [-0.15, -0.1) is 16.4 Å². The van der Waals surface area contributed by atoms with Crippen molar-refractivity contribution in [2.75, 3.05) is 0 Å². The number of benzene rings is 1. The zero-order valence-electron chi connectivity index (χ0n) is 16.0. The number of rotatable bonds is 6. The quantitative estimate of drug-likeness (QED) is 0.467. The van der Waals surface area contributed by atoms with Gasteiger partial charge in [-0.2, -0.15) is 0 Å². The van der Waals surface area contributed by atoms with Crippen LogP contribution in [-0.2, 0) is 6.54 Å². The lowest BCUT2D eigenvalue weighted by molar-refractivity contribution is 0.0717. The molecule has 0 N–H and O–H groups in total. The number of hydrogen-bond acceptors (Lipinski definition) is 5. The molecule has 0 radical (unpaired) electrons. The lowest BCUT2D eigenvalue weighted by Gasteiger charge is -2.20. The number of carbonyl (C=O) groups is 1. The highest BCUT2D eigenvalue weighted by atomic mass is 32.1. The molecule has 0 saturated heterocycles. The first-order valence-corrected chi connectivity index (χ1v) is 10.5. The van der Waals surface area contributed by atoms with Crippen LogP contribution in [0, 0.1) is 5.82 Å². The van der Waals surface area contributed by atoms with Gasteiger partial charge in [0, 0.05) is 25.0 Å². The van der Waals surface area contributed by atoms with E-state index in [-0.39, 0.29) is 23.6 Å². The Kier molecular flexibility index (Phi) is 4.84. The number of hydrogen-bond donors (Lipinski definition) is 0. The molecule has 30 heavy (non-hydrogen) atoms. The fourth-order valence-corrected chi connectivity index (χ4v) is 4.02. The summed E-state index contributed by atoms with van der Waals surface area (Å²) < 4.78 is 15.4. The zero-order chi connectivity index (χ0) is 20.5. The first kappa shape index (κ1) is 18.6. The molecule has 0 unspecified atom stereocenters. The normalized spacial score (nSPS) is 13.4. The standard InChI is InChI=1S/C22H18FN5OS/c23-16-5-1-6-18(12-16)28-21(19-7-3-11-30-19)25-20(26-28)22(29)27(17-8-9-17)14-15-4-2-10-24-13-15/h1-7,10-13,17H,8-9,14H2. The molecule has 5 rings (SSSR count). The summed E-state index contributed by atoms with van der Waals surface area (Å²) in [6.45, 7) is 0.459. The molecule has 1 aliphatic rings. The van der Waals surface area contributed by atoms with Crippen LogP contribution >= 0.6 is 11.3 Å². The Morgan fingerprint density at radius 2 is 2.10 bits per heavy atom. The van der Waals surface area contributed by atoms with Crippen molar-refractivity contribution in [3.63, 3.8) is 0 Å². The number of thiophene rings is 1. The summed E-state index contributed by atoms with van der Waals surface area (Å²) in [5.41, 5.74) is 1.48. The van der Waals surface area contributed by atoms with Crippen molar-refractivity contribution in [3.8, 4) is 16.4 Å². The molecule has 1 aromatic carbocycles. The summed E-state index contributed by atoms with van der Waals surface area (Å²) in [6.07, 6.45) is 5.41. The Hall–Kier alpha value is -3.39. The van der Waals surface area contributed by atoms with Crippen LogP contribution < -0.4 is 0 Å². The van der Waals surface area contributed by atoms with E-state index < -0.39 is 0 Å². The number of aromatic nitrogens is 4. The maximum Gasteiger partial charge on any atom is 0.294 e. The summed E-state index contributed by atoms with van der Waals surface area (Å²) in [7, 11) is 0. The molecule has 0 aliphatic heterocycles. The van der Waals surface area contributed by atoms with Crippen LogP contribution in [0.1, 0.15) is 29.0 Å². The van der Waals surface area contributed by atoms with Gasteiger partial charge in [-0.1, -0.05) is 18.2 Å². The second kappa shape index (κ2) is 7.79. The maximum atomic E-state index is 13.8. The van der Waals surface area contributed by atoms with Gasteiger partial charge in [0.05, 0.1) is 10.6 Å². The van der Waals surface area contributed by atoms with E-state index in [2.05, 4.69) is 15.1 Å². The number of amides is 1. The molecule has 8 heteroatoms. The summed E-state index contributed by atoms with van der Waals surface area (Å²) in [6, 6.07) is 13.9. The predicted molar refractivity (Wildman–Crippen MR) is 112 cm³/mol. The predicted octanol–water partition coefficient (Wildman–Crippen LogP) is 4.33. The topological polar surface area (TPSA) is 63.9 Å². The first-order chi connectivity index (χ1) is 14.7. The molecule has 3 aromatic heterocycles. The van der Waals surface area contributed by atoms with Crippen LogP contribution in [0.15, 0.2) is 66.3 Å². The molecular formula is C22H18FN5OS. The van der Waals surface area contributed by atoms with Gasteiger partial charge in [0.15, 0.2) is 5.82 Å². The van der Waals surface area contributed by atoms with Crippen LogP contribution in [0.4, 0.5) is 4.39 Å². The molecule has 4 aromatic rings. The van der Waals surface area contributed by atoms with Gasteiger partial charge in [-0.25, -0.2) is 14.1 Å². The van der Waals surface area contributed by atoms with Crippen LogP contribution in [0.25, 0.3) is 16.4 Å². The van der Waals surface area contributed by atoms with Crippen molar-refractivity contribution in [1.82, 2.24) is 24.6 Å². The number of carbonyl (C=O) groups excluding carboxylic acids is 1. The molecule has 0 bridgehead atoms. The summed E-state index contributed by atoms with van der Waals surface area (Å²) in [5.74, 6) is 0.0352. The number of halogens is 1. The molecule has 0 spiro atoms. The van der Waals surface area contributed by atoms with E-state index in [0.29, 0.717) is 18.1 Å². The number of nitrogens with zero attached hydrogens (tertiary/aromatic N) is 5. The van der Waals surface area contributed by atoms with Crippen LogP contribution in [-0.4, -0.2) is 36.6 Å². The highest BCUT2D eigenvalue weighted by molar-refractivity contribution is 7.13. The summed E-state index contributed by atoms with van der Waals surface area (Å²) in [4.78, 5) is 24.7. The second-order valence-corrected chi connectivity index (χ2v) is 8.10. The molecular weight excluding hydrogens is 401 g/mol. The largest absolute Gasteiger partial charge is 0.328 e. The monoisotopic (exact) mass is 419 g/mol. The summed E-state index contributed by atoms with van der Waals surface area (Å²) >= 11 is 1.49. The van der Waals surface area contributed by atoms with Crippen LogP contribution in [0.5, 0.6) is 0 Å². The Morgan fingerprint density at radius 1 is 1.20 bits per heavy atom. The van der Waals surface area contributed by atoms with Crippen molar-refractivity contribution in [2.24, 2.45) is 0 Å². The maximum absolute atomic E-state index is 13.8. The van der Waals surface area contributed by atoms with E-state index in [1.165, 1.54) is 28.2 Å². The van der Waals surface area contributed by atoms with Crippen molar-refractivity contribution < 1.29 is 9.18 Å². The Labute approximate surface area is 176 Å². The van der Waals surface area contributed by atoms with E-state index in [4.69, 9.17) is 0 Å². The summed E-state index contributed by atoms with van der Waals surface area (Å²) in [5, 5.41) is 6.42. The minimum absolute atomic E-state index is 0.110. The minimum atomic E-state index is -0.371. The van der Waals surface area contributed by atoms with Gasteiger partial charge < -0.3 is 4.90 Å². The molecule has 1 aliphatic carbocycles. The fourth-order valence-electron chi connectivity index (χ4n) is 3.33. The molecule has 3 heterocycles. The third-order valence-electron chi connectivity index (χ3n) is 4.92. The molecule has 1 fully saturated rings.